The molecule has 0 aliphatic carbocycles. The zero-order chi connectivity index (χ0) is 8.27. The standard InChI is InChI=1S/C8H11ClN2/c1-11-8-4-7(9)3-2-6(8)5-10/h2-4,11H,5,10H2,1H3. The minimum absolute atomic E-state index is 0.535. The third-order valence-corrected chi connectivity index (χ3v) is 1.80. The molecule has 0 unspecified atom stereocenters. The second-order valence-electron chi connectivity index (χ2n) is 2.26. The molecule has 0 atom stereocenters. The number of rotatable bonds is 2. The number of anilines is 1. The minimum Gasteiger partial charge on any atom is -0.388 e. The normalized spacial score (nSPS) is 9.73. The second-order valence-corrected chi connectivity index (χ2v) is 2.69. The van der Waals surface area contributed by atoms with Gasteiger partial charge in [-0.1, -0.05) is 17.7 Å². The molecule has 0 aliphatic heterocycles. The van der Waals surface area contributed by atoms with Crippen molar-refractivity contribution in [2.45, 2.75) is 6.54 Å². The highest BCUT2D eigenvalue weighted by Gasteiger charge is 1.98. The van der Waals surface area contributed by atoms with Gasteiger partial charge < -0.3 is 11.1 Å². The third-order valence-electron chi connectivity index (χ3n) is 1.56. The van der Waals surface area contributed by atoms with Crippen molar-refractivity contribution < 1.29 is 0 Å². The summed E-state index contributed by atoms with van der Waals surface area (Å²) in [7, 11) is 1.85. The first-order valence-electron chi connectivity index (χ1n) is 3.44. The molecule has 0 heterocycles. The van der Waals surface area contributed by atoms with Crippen molar-refractivity contribution in [3.8, 4) is 0 Å². The van der Waals surface area contributed by atoms with Gasteiger partial charge in [0, 0.05) is 24.3 Å². The van der Waals surface area contributed by atoms with E-state index in [2.05, 4.69) is 5.32 Å². The topological polar surface area (TPSA) is 38.0 Å². The molecule has 2 nitrogen and oxygen atoms in total. The Morgan fingerprint density at radius 1 is 1.55 bits per heavy atom. The van der Waals surface area contributed by atoms with E-state index in [9.17, 15) is 0 Å². The summed E-state index contributed by atoms with van der Waals surface area (Å²) in [5.41, 5.74) is 7.57. The molecule has 1 rings (SSSR count). The first kappa shape index (κ1) is 8.37. The first-order chi connectivity index (χ1) is 5.27. The van der Waals surface area contributed by atoms with Gasteiger partial charge >= 0.3 is 0 Å². The lowest BCUT2D eigenvalue weighted by molar-refractivity contribution is 1.07. The van der Waals surface area contributed by atoms with Gasteiger partial charge in [-0.05, 0) is 17.7 Å². The molecule has 0 fully saturated rings. The van der Waals surface area contributed by atoms with E-state index in [4.69, 9.17) is 17.3 Å². The molecule has 3 N–H and O–H groups in total. The smallest absolute Gasteiger partial charge is 0.0426 e. The molecule has 0 aromatic heterocycles. The van der Waals surface area contributed by atoms with E-state index in [-0.39, 0.29) is 0 Å². The Labute approximate surface area is 71.4 Å². The third kappa shape index (κ3) is 1.85. The molecular formula is C8H11ClN2. The Hall–Kier alpha value is -0.730. The van der Waals surface area contributed by atoms with Crippen LogP contribution in [0.1, 0.15) is 5.56 Å². The molecule has 1 aromatic carbocycles. The summed E-state index contributed by atoms with van der Waals surface area (Å²) in [6.45, 7) is 0.535. The monoisotopic (exact) mass is 170 g/mol. The summed E-state index contributed by atoms with van der Waals surface area (Å²) < 4.78 is 0. The van der Waals surface area contributed by atoms with Gasteiger partial charge in [-0.15, -0.1) is 0 Å². The minimum atomic E-state index is 0.535. The van der Waals surface area contributed by atoms with E-state index in [1.807, 2.05) is 25.2 Å². The largest absolute Gasteiger partial charge is 0.388 e. The van der Waals surface area contributed by atoms with Crippen molar-refractivity contribution in [3.63, 3.8) is 0 Å². The van der Waals surface area contributed by atoms with Crippen LogP contribution in [0.4, 0.5) is 5.69 Å². The van der Waals surface area contributed by atoms with Crippen LogP contribution < -0.4 is 11.1 Å². The SMILES string of the molecule is CNc1cc(Cl)ccc1CN. The van der Waals surface area contributed by atoms with E-state index in [1.165, 1.54) is 0 Å². The van der Waals surface area contributed by atoms with E-state index in [0.29, 0.717) is 6.54 Å². The highest BCUT2D eigenvalue weighted by atomic mass is 35.5. The van der Waals surface area contributed by atoms with Crippen molar-refractivity contribution in [1.82, 2.24) is 0 Å². The zero-order valence-corrected chi connectivity index (χ0v) is 7.15. The summed E-state index contributed by atoms with van der Waals surface area (Å²) in [6, 6.07) is 5.63. The predicted molar refractivity (Wildman–Crippen MR) is 48.9 cm³/mol. The van der Waals surface area contributed by atoms with E-state index < -0.39 is 0 Å². The van der Waals surface area contributed by atoms with Crippen LogP contribution in [0.2, 0.25) is 5.02 Å². The molecule has 0 saturated carbocycles. The van der Waals surface area contributed by atoms with Crippen molar-refractivity contribution in [2.75, 3.05) is 12.4 Å². The van der Waals surface area contributed by atoms with Gasteiger partial charge in [-0.25, -0.2) is 0 Å². The Morgan fingerprint density at radius 3 is 2.82 bits per heavy atom. The first-order valence-corrected chi connectivity index (χ1v) is 3.82. The van der Waals surface area contributed by atoms with E-state index in [1.54, 1.807) is 0 Å². The Balaban J connectivity index is 3.06. The van der Waals surface area contributed by atoms with Crippen molar-refractivity contribution in [3.05, 3.63) is 28.8 Å². The number of nitrogens with two attached hydrogens (primary N) is 1. The summed E-state index contributed by atoms with van der Waals surface area (Å²) in [6.07, 6.45) is 0. The number of nitrogens with one attached hydrogen (secondary N) is 1. The summed E-state index contributed by atoms with van der Waals surface area (Å²) >= 11 is 5.77. The maximum absolute atomic E-state index is 5.77. The van der Waals surface area contributed by atoms with Crippen LogP contribution in [-0.4, -0.2) is 7.05 Å². The quantitative estimate of drug-likeness (QED) is 0.711. The fourth-order valence-electron chi connectivity index (χ4n) is 0.959. The highest BCUT2D eigenvalue weighted by molar-refractivity contribution is 6.30. The fraction of sp³-hybridized carbons (Fsp3) is 0.250. The van der Waals surface area contributed by atoms with Gasteiger partial charge in [-0.2, -0.15) is 0 Å². The molecule has 0 radical (unpaired) electrons. The molecule has 0 spiro atoms. The molecule has 0 amide bonds. The molecule has 0 bridgehead atoms. The van der Waals surface area contributed by atoms with Gasteiger partial charge in [0.1, 0.15) is 0 Å². The number of hydrogen-bond acceptors (Lipinski definition) is 2. The number of halogens is 1. The van der Waals surface area contributed by atoms with Crippen LogP contribution in [0.25, 0.3) is 0 Å². The van der Waals surface area contributed by atoms with Crippen molar-refractivity contribution in [1.29, 1.82) is 0 Å². The Kier molecular flexibility index (Phi) is 2.74. The maximum atomic E-state index is 5.77. The van der Waals surface area contributed by atoms with Crippen LogP contribution in [-0.2, 0) is 6.54 Å². The Morgan fingerprint density at radius 2 is 2.27 bits per heavy atom. The van der Waals surface area contributed by atoms with E-state index >= 15 is 0 Å². The van der Waals surface area contributed by atoms with E-state index in [0.717, 1.165) is 16.3 Å². The average Bonchev–Trinajstić information content (AvgIpc) is 2.04. The second kappa shape index (κ2) is 3.60. The van der Waals surface area contributed by atoms with Gasteiger partial charge in [0.05, 0.1) is 0 Å². The lowest BCUT2D eigenvalue weighted by Crippen LogP contribution is -2.01. The van der Waals surface area contributed by atoms with Gasteiger partial charge in [0.25, 0.3) is 0 Å². The fourth-order valence-corrected chi connectivity index (χ4v) is 1.13. The van der Waals surface area contributed by atoms with Crippen LogP contribution in [0.15, 0.2) is 18.2 Å². The molecular weight excluding hydrogens is 160 g/mol. The van der Waals surface area contributed by atoms with Gasteiger partial charge in [0.2, 0.25) is 0 Å². The molecule has 0 aliphatic rings. The Bertz CT molecular complexity index is 248. The zero-order valence-electron chi connectivity index (χ0n) is 6.39. The van der Waals surface area contributed by atoms with Crippen LogP contribution in [0.5, 0.6) is 0 Å². The summed E-state index contributed by atoms with van der Waals surface area (Å²) in [4.78, 5) is 0. The maximum Gasteiger partial charge on any atom is 0.0426 e. The molecule has 11 heavy (non-hydrogen) atoms. The molecule has 3 heteroatoms. The van der Waals surface area contributed by atoms with Crippen molar-refractivity contribution in [2.24, 2.45) is 5.73 Å². The van der Waals surface area contributed by atoms with Crippen LogP contribution in [0.3, 0.4) is 0 Å². The van der Waals surface area contributed by atoms with Gasteiger partial charge in [0.15, 0.2) is 0 Å². The average molecular weight is 171 g/mol. The molecule has 1 aromatic rings. The summed E-state index contributed by atoms with van der Waals surface area (Å²) in [5.74, 6) is 0. The highest BCUT2D eigenvalue weighted by Crippen LogP contribution is 2.19. The van der Waals surface area contributed by atoms with Gasteiger partial charge in [-0.3, -0.25) is 0 Å². The lowest BCUT2D eigenvalue weighted by atomic mass is 10.2. The van der Waals surface area contributed by atoms with Crippen LogP contribution >= 0.6 is 11.6 Å². The number of hydrogen-bond donors (Lipinski definition) is 2. The lowest BCUT2D eigenvalue weighted by Gasteiger charge is -2.06. The molecule has 60 valence electrons. The number of benzene rings is 1. The van der Waals surface area contributed by atoms with Crippen LogP contribution in [0, 0.1) is 0 Å². The summed E-state index contributed by atoms with van der Waals surface area (Å²) in [5, 5.41) is 3.75. The van der Waals surface area contributed by atoms with Crippen molar-refractivity contribution >= 4 is 17.3 Å². The molecule has 0 saturated heterocycles. The predicted octanol–water partition coefficient (Wildman–Crippen LogP) is 1.84.